The van der Waals surface area contributed by atoms with E-state index < -0.39 is 0 Å². The molecule has 2 aliphatic carbocycles. The van der Waals surface area contributed by atoms with Crippen molar-refractivity contribution in [1.82, 2.24) is 15.5 Å². The topological polar surface area (TPSA) is 112 Å². The SMILES string of the molecule is COCCOCC(=O)NC1CCC(c2nc(C3(N)CCC3)no2)CC1. The largest absolute Gasteiger partial charge is 0.382 e. The molecule has 8 heteroatoms. The molecule has 0 bridgehead atoms. The third-order valence-electron chi connectivity index (χ3n) is 5.24. The molecule has 2 saturated carbocycles. The number of methoxy groups -OCH3 is 1. The molecule has 0 unspecified atom stereocenters. The minimum absolute atomic E-state index is 0.0744. The maximum atomic E-state index is 11.8. The normalized spacial score (nSPS) is 25.4. The van der Waals surface area contributed by atoms with Crippen molar-refractivity contribution < 1.29 is 18.8 Å². The minimum Gasteiger partial charge on any atom is -0.382 e. The van der Waals surface area contributed by atoms with E-state index in [-0.39, 0.29) is 30.0 Å². The molecule has 0 atom stereocenters. The summed E-state index contributed by atoms with van der Waals surface area (Å²) in [5.74, 6) is 1.53. The van der Waals surface area contributed by atoms with Crippen molar-refractivity contribution in [1.29, 1.82) is 0 Å². The number of nitrogens with one attached hydrogen (secondary N) is 1. The Labute approximate surface area is 147 Å². The Morgan fingerprint density at radius 1 is 1.32 bits per heavy atom. The fourth-order valence-corrected chi connectivity index (χ4v) is 3.45. The van der Waals surface area contributed by atoms with E-state index in [2.05, 4.69) is 15.5 Å². The Kier molecular flexibility index (Phi) is 6.03. The lowest BCUT2D eigenvalue weighted by Crippen LogP contribution is -2.44. The number of nitrogens with two attached hydrogens (primary N) is 1. The zero-order valence-electron chi connectivity index (χ0n) is 14.8. The van der Waals surface area contributed by atoms with Gasteiger partial charge in [-0.05, 0) is 44.9 Å². The summed E-state index contributed by atoms with van der Waals surface area (Å²) in [6, 6.07) is 0.185. The second-order valence-corrected chi connectivity index (χ2v) is 7.13. The highest BCUT2D eigenvalue weighted by molar-refractivity contribution is 5.77. The molecular formula is C17H28N4O4. The molecule has 2 fully saturated rings. The van der Waals surface area contributed by atoms with Gasteiger partial charge in [-0.25, -0.2) is 0 Å². The van der Waals surface area contributed by atoms with E-state index in [4.69, 9.17) is 19.7 Å². The molecule has 1 aromatic heterocycles. The number of rotatable bonds is 8. The van der Waals surface area contributed by atoms with Crippen LogP contribution in [0, 0.1) is 0 Å². The molecule has 3 rings (SSSR count). The van der Waals surface area contributed by atoms with Crippen molar-refractivity contribution in [3.8, 4) is 0 Å². The Morgan fingerprint density at radius 2 is 2.08 bits per heavy atom. The number of nitrogens with zero attached hydrogens (tertiary/aromatic N) is 2. The van der Waals surface area contributed by atoms with Crippen LogP contribution in [0.4, 0.5) is 0 Å². The number of hydrogen-bond acceptors (Lipinski definition) is 7. The van der Waals surface area contributed by atoms with Crippen LogP contribution in [0.3, 0.4) is 0 Å². The highest BCUT2D eigenvalue weighted by Gasteiger charge is 2.39. The zero-order valence-corrected chi connectivity index (χ0v) is 14.8. The number of ether oxygens (including phenoxy) is 2. The zero-order chi connectivity index (χ0) is 17.7. The molecule has 2 aliphatic rings. The predicted molar refractivity (Wildman–Crippen MR) is 89.8 cm³/mol. The van der Waals surface area contributed by atoms with Gasteiger partial charge in [0.15, 0.2) is 5.82 Å². The molecule has 1 amide bonds. The Bertz CT molecular complexity index is 565. The first kappa shape index (κ1) is 18.3. The van der Waals surface area contributed by atoms with Crippen molar-refractivity contribution in [3.05, 3.63) is 11.7 Å². The fourth-order valence-electron chi connectivity index (χ4n) is 3.45. The standard InChI is InChI=1S/C17H28N4O4/c1-23-9-10-24-11-14(22)19-13-5-3-12(4-6-13)15-20-16(21-25-15)17(18)7-2-8-17/h12-13H,2-11,18H2,1H3,(H,19,22). The van der Waals surface area contributed by atoms with Gasteiger partial charge < -0.3 is 25.0 Å². The van der Waals surface area contributed by atoms with Gasteiger partial charge in [0.1, 0.15) is 6.61 Å². The van der Waals surface area contributed by atoms with Gasteiger partial charge in [0.2, 0.25) is 11.8 Å². The number of carbonyl (C=O) groups is 1. The molecule has 0 aromatic carbocycles. The molecule has 25 heavy (non-hydrogen) atoms. The summed E-state index contributed by atoms with van der Waals surface area (Å²) in [5, 5.41) is 7.12. The third-order valence-corrected chi connectivity index (χ3v) is 5.24. The number of carbonyl (C=O) groups excluding carboxylic acids is 1. The number of aromatic nitrogens is 2. The first-order chi connectivity index (χ1) is 12.1. The van der Waals surface area contributed by atoms with Gasteiger partial charge in [-0.2, -0.15) is 4.98 Å². The van der Waals surface area contributed by atoms with E-state index >= 15 is 0 Å². The van der Waals surface area contributed by atoms with Gasteiger partial charge in [0.25, 0.3) is 0 Å². The van der Waals surface area contributed by atoms with E-state index in [1.165, 1.54) is 0 Å². The summed E-state index contributed by atoms with van der Waals surface area (Å²) in [5.41, 5.74) is 5.87. The Balaban J connectivity index is 1.40. The van der Waals surface area contributed by atoms with Crippen LogP contribution in [0.25, 0.3) is 0 Å². The molecule has 3 N–H and O–H groups in total. The van der Waals surface area contributed by atoms with E-state index in [0.29, 0.717) is 24.9 Å². The highest BCUT2D eigenvalue weighted by atomic mass is 16.5. The summed E-state index contributed by atoms with van der Waals surface area (Å²) in [6.07, 6.45) is 6.64. The fraction of sp³-hybridized carbons (Fsp3) is 0.824. The molecule has 0 spiro atoms. The Hall–Kier alpha value is -1.51. The van der Waals surface area contributed by atoms with E-state index in [0.717, 1.165) is 44.9 Å². The quantitative estimate of drug-likeness (QED) is 0.676. The second-order valence-electron chi connectivity index (χ2n) is 7.13. The lowest BCUT2D eigenvalue weighted by molar-refractivity contribution is -0.127. The molecule has 8 nitrogen and oxygen atoms in total. The smallest absolute Gasteiger partial charge is 0.246 e. The van der Waals surface area contributed by atoms with Crippen LogP contribution in [0.15, 0.2) is 4.52 Å². The molecular weight excluding hydrogens is 324 g/mol. The van der Waals surface area contributed by atoms with Crippen LogP contribution in [-0.4, -0.2) is 49.0 Å². The maximum Gasteiger partial charge on any atom is 0.246 e. The highest BCUT2D eigenvalue weighted by Crippen LogP contribution is 2.38. The lowest BCUT2D eigenvalue weighted by atomic mass is 9.77. The predicted octanol–water partition coefficient (Wildman–Crippen LogP) is 1.21. The van der Waals surface area contributed by atoms with Crippen LogP contribution in [-0.2, 0) is 19.8 Å². The minimum atomic E-state index is -0.379. The molecule has 0 saturated heterocycles. The van der Waals surface area contributed by atoms with Crippen LogP contribution >= 0.6 is 0 Å². The summed E-state index contributed by atoms with van der Waals surface area (Å²) in [4.78, 5) is 16.4. The van der Waals surface area contributed by atoms with Crippen molar-refractivity contribution >= 4 is 5.91 Å². The number of amides is 1. The lowest BCUT2D eigenvalue weighted by Gasteiger charge is -2.34. The first-order valence-electron chi connectivity index (χ1n) is 9.10. The van der Waals surface area contributed by atoms with Crippen LogP contribution in [0.1, 0.15) is 62.6 Å². The van der Waals surface area contributed by atoms with Gasteiger partial charge in [-0.3, -0.25) is 4.79 Å². The van der Waals surface area contributed by atoms with Crippen LogP contribution < -0.4 is 11.1 Å². The molecule has 1 aromatic rings. The van der Waals surface area contributed by atoms with E-state index in [9.17, 15) is 4.79 Å². The van der Waals surface area contributed by atoms with Crippen molar-refractivity contribution in [2.24, 2.45) is 5.73 Å². The van der Waals surface area contributed by atoms with Gasteiger partial charge in [-0.1, -0.05) is 5.16 Å². The van der Waals surface area contributed by atoms with Gasteiger partial charge in [0, 0.05) is 19.1 Å². The average Bonchev–Trinajstić information content (AvgIpc) is 3.08. The van der Waals surface area contributed by atoms with Gasteiger partial charge >= 0.3 is 0 Å². The van der Waals surface area contributed by atoms with Gasteiger partial charge in [0.05, 0.1) is 18.8 Å². The van der Waals surface area contributed by atoms with E-state index in [1.54, 1.807) is 7.11 Å². The van der Waals surface area contributed by atoms with Crippen molar-refractivity contribution in [2.45, 2.75) is 62.4 Å². The first-order valence-corrected chi connectivity index (χ1v) is 9.10. The number of hydrogen-bond donors (Lipinski definition) is 2. The monoisotopic (exact) mass is 352 g/mol. The molecule has 1 heterocycles. The second kappa shape index (κ2) is 8.25. The summed E-state index contributed by atoms with van der Waals surface area (Å²) in [6.45, 7) is 1.00. The average molecular weight is 352 g/mol. The van der Waals surface area contributed by atoms with Crippen molar-refractivity contribution in [3.63, 3.8) is 0 Å². The molecule has 0 aliphatic heterocycles. The molecule has 0 radical (unpaired) electrons. The van der Waals surface area contributed by atoms with Gasteiger partial charge in [-0.15, -0.1) is 0 Å². The van der Waals surface area contributed by atoms with Crippen LogP contribution in [0.2, 0.25) is 0 Å². The summed E-state index contributed by atoms with van der Waals surface area (Å²) >= 11 is 0. The van der Waals surface area contributed by atoms with Crippen LogP contribution in [0.5, 0.6) is 0 Å². The van der Waals surface area contributed by atoms with E-state index in [1.807, 2.05) is 0 Å². The third kappa shape index (κ3) is 4.56. The Morgan fingerprint density at radius 3 is 2.72 bits per heavy atom. The maximum absolute atomic E-state index is 11.8. The summed E-state index contributed by atoms with van der Waals surface area (Å²) < 4.78 is 15.6. The van der Waals surface area contributed by atoms with Crippen molar-refractivity contribution in [2.75, 3.05) is 26.9 Å². The molecule has 140 valence electrons. The summed E-state index contributed by atoms with van der Waals surface area (Å²) in [7, 11) is 1.60.